The summed E-state index contributed by atoms with van der Waals surface area (Å²) in [4.78, 5) is 24.5. The van der Waals surface area contributed by atoms with Crippen molar-refractivity contribution < 1.29 is 39.5 Å². The number of hydrogen-bond donors (Lipinski definition) is 4. The quantitative estimate of drug-likeness (QED) is 0.0299. The van der Waals surface area contributed by atoms with E-state index in [9.17, 15) is 30.0 Å². The van der Waals surface area contributed by atoms with Crippen LogP contribution >= 0.6 is 0 Å². The van der Waals surface area contributed by atoms with E-state index in [1.165, 1.54) is 89.9 Å². The van der Waals surface area contributed by atoms with Crippen molar-refractivity contribution in [3.63, 3.8) is 0 Å². The number of aliphatic hydroxyl groups excluding tert-OH is 4. The van der Waals surface area contributed by atoms with Crippen LogP contribution in [0.25, 0.3) is 0 Å². The summed E-state index contributed by atoms with van der Waals surface area (Å²) in [5.41, 5.74) is 0. The van der Waals surface area contributed by atoms with Crippen molar-refractivity contribution >= 4 is 11.9 Å². The minimum absolute atomic E-state index is 0.0225. The maximum atomic E-state index is 12.3. The number of hydrogen-bond acceptors (Lipinski definition) is 8. The van der Waals surface area contributed by atoms with Crippen molar-refractivity contribution in [3.8, 4) is 0 Å². The molecule has 6 atom stereocenters. The summed E-state index contributed by atoms with van der Waals surface area (Å²) in [5.74, 6) is -0.533. The molecule has 0 aromatic carbocycles. The normalized spacial score (nSPS) is 20.5. The minimum atomic E-state index is -0.913. The van der Waals surface area contributed by atoms with Crippen LogP contribution in [-0.4, -0.2) is 70.0 Å². The highest BCUT2D eigenvalue weighted by atomic mass is 16.6. The van der Waals surface area contributed by atoms with Gasteiger partial charge in [0.05, 0.1) is 31.3 Å². The third-order valence-corrected chi connectivity index (χ3v) is 10.3. The molecule has 0 amide bonds. The molecule has 8 heteroatoms. The topological polar surface area (TPSA) is 134 Å². The van der Waals surface area contributed by atoms with Gasteiger partial charge in [0.2, 0.25) is 0 Å². The van der Waals surface area contributed by atoms with E-state index in [1.807, 2.05) is 6.08 Å². The molecule has 0 spiro atoms. The van der Waals surface area contributed by atoms with Crippen molar-refractivity contribution in [3.05, 3.63) is 24.3 Å². The first-order valence-corrected chi connectivity index (χ1v) is 21.0. The summed E-state index contributed by atoms with van der Waals surface area (Å²) in [6.45, 7) is 6.12. The molecule has 8 nitrogen and oxygen atoms in total. The number of allylic oxidation sites excluding steroid dienone is 1. The third-order valence-electron chi connectivity index (χ3n) is 10.3. The van der Waals surface area contributed by atoms with Crippen LogP contribution in [0, 0.1) is 17.8 Å². The molecule has 1 rings (SSSR count). The van der Waals surface area contributed by atoms with E-state index < -0.39 is 37.0 Å². The van der Waals surface area contributed by atoms with Crippen LogP contribution in [0.2, 0.25) is 0 Å². The molecule has 1 aliphatic carbocycles. The van der Waals surface area contributed by atoms with Crippen LogP contribution < -0.4 is 0 Å². The minimum Gasteiger partial charge on any atom is -0.462 e. The lowest BCUT2D eigenvalue weighted by Gasteiger charge is -2.19. The van der Waals surface area contributed by atoms with Gasteiger partial charge in [-0.3, -0.25) is 9.59 Å². The molecule has 0 bridgehead atoms. The van der Waals surface area contributed by atoms with E-state index in [4.69, 9.17) is 9.47 Å². The van der Waals surface area contributed by atoms with Crippen LogP contribution in [0.15, 0.2) is 24.3 Å². The molecule has 298 valence electrons. The number of ether oxygens (including phenoxy) is 2. The predicted octanol–water partition coefficient (Wildman–Crippen LogP) is 9.30. The Bertz CT molecular complexity index is 902. The van der Waals surface area contributed by atoms with E-state index in [0.717, 1.165) is 44.4 Å². The lowest BCUT2D eigenvalue weighted by molar-refractivity contribution is -0.160. The van der Waals surface area contributed by atoms with Gasteiger partial charge in [-0.15, -0.1) is 0 Å². The SMILES string of the molecule is CCCCC[C@@H](O)/C=C/[C@@H]1[C@H](C/C=C\CC(=O)O[C@@H](CO)COC(=O)CCCCCCCCCCCCCCCCCCC(C)C)[C@@H](O)C[C@H]1O. The van der Waals surface area contributed by atoms with Crippen molar-refractivity contribution in [1.29, 1.82) is 0 Å². The lowest BCUT2D eigenvalue weighted by Crippen LogP contribution is -2.28. The van der Waals surface area contributed by atoms with Gasteiger partial charge in [-0.1, -0.05) is 167 Å². The van der Waals surface area contributed by atoms with Crippen LogP contribution in [-0.2, 0) is 19.1 Å². The Labute approximate surface area is 311 Å². The largest absolute Gasteiger partial charge is 0.462 e. The standard InChI is InChI=1S/C43H78O8/c1-4-5-20-26-36(45)30-31-39-38(40(46)32-41(39)47)27-23-24-29-43(49)51-37(33-44)34-50-42(48)28-22-19-17-15-13-11-9-7-6-8-10-12-14-16-18-21-25-35(2)3/h23-24,30-31,35-41,44-47H,4-22,25-29,32-34H2,1-3H3/b24-23-,31-30+/t36-,37+,38+,39-,40+,41-/m1/s1. The van der Waals surface area contributed by atoms with Gasteiger partial charge >= 0.3 is 11.9 Å². The first-order valence-electron chi connectivity index (χ1n) is 21.0. The monoisotopic (exact) mass is 723 g/mol. The summed E-state index contributed by atoms with van der Waals surface area (Å²) in [6, 6.07) is 0. The Kier molecular flexibility index (Phi) is 29.4. The molecule has 0 aromatic rings. The van der Waals surface area contributed by atoms with Gasteiger partial charge in [0.25, 0.3) is 0 Å². The van der Waals surface area contributed by atoms with E-state index >= 15 is 0 Å². The third kappa shape index (κ3) is 25.8. The molecule has 0 unspecified atom stereocenters. The summed E-state index contributed by atoms with van der Waals surface area (Å²) in [6.07, 6.45) is 30.8. The highest BCUT2D eigenvalue weighted by molar-refractivity contribution is 5.71. The summed E-state index contributed by atoms with van der Waals surface area (Å²) in [7, 11) is 0. The Morgan fingerprint density at radius 2 is 1.27 bits per heavy atom. The fourth-order valence-electron chi connectivity index (χ4n) is 7.01. The highest BCUT2D eigenvalue weighted by Crippen LogP contribution is 2.36. The second-order valence-corrected chi connectivity index (χ2v) is 15.5. The van der Waals surface area contributed by atoms with Crippen LogP contribution in [0.1, 0.15) is 181 Å². The molecule has 1 fully saturated rings. The molecule has 51 heavy (non-hydrogen) atoms. The average molecular weight is 723 g/mol. The number of aliphatic hydroxyl groups is 4. The second-order valence-electron chi connectivity index (χ2n) is 15.5. The van der Waals surface area contributed by atoms with E-state index in [1.54, 1.807) is 18.2 Å². The fraction of sp³-hybridized carbons (Fsp3) is 0.860. The van der Waals surface area contributed by atoms with Crippen molar-refractivity contribution in [2.75, 3.05) is 13.2 Å². The fourth-order valence-corrected chi connectivity index (χ4v) is 7.01. The van der Waals surface area contributed by atoms with Crippen molar-refractivity contribution in [2.24, 2.45) is 17.8 Å². The van der Waals surface area contributed by atoms with Gasteiger partial charge < -0.3 is 29.9 Å². The summed E-state index contributed by atoms with van der Waals surface area (Å²) >= 11 is 0. The van der Waals surface area contributed by atoms with Gasteiger partial charge in [0, 0.05) is 18.8 Å². The Morgan fingerprint density at radius 3 is 1.82 bits per heavy atom. The Balaban J connectivity index is 2.08. The first kappa shape index (κ1) is 47.3. The second kappa shape index (κ2) is 31.8. The van der Waals surface area contributed by atoms with Gasteiger partial charge in [-0.2, -0.15) is 0 Å². The van der Waals surface area contributed by atoms with Gasteiger partial charge in [0.1, 0.15) is 6.61 Å². The maximum Gasteiger partial charge on any atom is 0.310 e. The zero-order chi connectivity index (χ0) is 37.5. The Morgan fingerprint density at radius 1 is 0.725 bits per heavy atom. The van der Waals surface area contributed by atoms with E-state index in [-0.39, 0.29) is 37.3 Å². The number of rotatable bonds is 33. The zero-order valence-electron chi connectivity index (χ0n) is 32.9. The number of esters is 2. The number of unbranched alkanes of at least 4 members (excludes halogenated alkanes) is 17. The molecular weight excluding hydrogens is 644 g/mol. The van der Waals surface area contributed by atoms with Gasteiger partial charge in [0.15, 0.2) is 6.10 Å². The van der Waals surface area contributed by atoms with E-state index in [0.29, 0.717) is 19.3 Å². The number of carbonyl (C=O) groups excluding carboxylic acids is 2. The highest BCUT2D eigenvalue weighted by Gasteiger charge is 2.39. The molecular formula is C43H78O8. The smallest absolute Gasteiger partial charge is 0.310 e. The molecule has 1 aliphatic rings. The lowest BCUT2D eigenvalue weighted by atomic mass is 9.89. The van der Waals surface area contributed by atoms with Crippen molar-refractivity contribution in [1.82, 2.24) is 0 Å². The average Bonchev–Trinajstić information content (AvgIpc) is 3.37. The molecule has 0 radical (unpaired) electrons. The molecule has 0 aliphatic heterocycles. The van der Waals surface area contributed by atoms with Crippen LogP contribution in [0.4, 0.5) is 0 Å². The zero-order valence-corrected chi connectivity index (χ0v) is 32.9. The van der Waals surface area contributed by atoms with Crippen LogP contribution in [0.5, 0.6) is 0 Å². The van der Waals surface area contributed by atoms with Gasteiger partial charge in [-0.25, -0.2) is 0 Å². The molecule has 0 heterocycles. The summed E-state index contributed by atoms with van der Waals surface area (Å²) in [5, 5.41) is 40.7. The Hall–Kier alpha value is -1.74. The first-order chi connectivity index (χ1) is 24.7. The van der Waals surface area contributed by atoms with Crippen molar-refractivity contribution in [2.45, 2.75) is 206 Å². The molecule has 1 saturated carbocycles. The maximum absolute atomic E-state index is 12.3. The predicted molar refractivity (Wildman–Crippen MR) is 207 cm³/mol. The van der Waals surface area contributed by atoms with E-state index in [2.05, 4.69) is 20.8 Å². The summed E-state index contributed by atoms with van der Waals surface area (Å²) < 4.78 is 10.5. The molecule has 0 saturated heterocycles. The number of carbonyl (C=O) groups is 2. The van der Waals surface area contributed by atoms with Crippen LogP contribution in [0.3, 0.4) is 0 Å². The molecule has 0 aromatic heterocycles. The molecule has 4 N–H and O–H groups in total. The van der Waals surface area contributed by atoms with Gasteiger partial charge in [-0.05, 0) is 31.1 Å².